The van der Waals surface area contributed by atoms with E-state index in [2.05, 4.69) is 4.98 Å². The average molecular weight is 334 g/mol. The first-order valence-corrected chi connectivity index (χ1v) is 9.22. The molecule has 0 saturated carbocycles. The molecule has 2 heterocycles. The van der Waals surface area contributed by atoms with Crippen molar-refractivity contribution < 1.29 is 13.2 Å². The molecule has 5 nitrogen and oxygen atoms in total. The largest absolute Gasteiger partial charge is 0.268 e. The van der Waals surface area contributed by atoms with E-state index in [0.717, 1.165) is 14.2 Å². The van der Waals surface area contributed by atoms with Crippen molar-refractivity contribution in [1.29, 1.82) is 0 Å². The van der Waals surface area contributed by atoms with Crippen LogP contribution in [-0.4, -0.2) is 35.9 Å². The van der Waals surface area contributed by atoms with E-state index < -0.39 is 15.9 Å². The van der Waals surface area contributed by atoms with Gasteiger partial charge in [0.1, 0.15) is 5.03 Å². The second-order valence-corrected chi connectivity index (χ2v) is 7.95. The van der Waals surface area contributed by atoms with Gasteiger partial charge in [0.05, 0.1) is 5.75 Å². The van der Waals surface area contributed by atoms with Crippen LogP contribution < -0.4 is 0 Å². The first-order valence-electron chi connectivity index (χ1n) is 6.80. The number of sulfonamides is 1. The van der Waals surface area contributed by atoms with Gasteiger partial charge in [0.25, 0.3) is 5.91 Å². The number of amides is 1. The van der Waals surface area contributed by atoms with Gasteiger partial charge in [-0.15, -0.1) is 0 Å². The molecule has 1 aromatic carbocycles. The van der Waals surface area contributed by atoms with Crippen LogP contribution in [0, 0.1) is 0 Å². The number of carbonyl (C=O) groups is 1. The predicted molar refractivity (Wildman–Crippen MR) is 84.2 cm³/mol. The van der Waals surface area contributed by atoms with E-state index in [1.165, 1.54) is 11.8 Å². The van der Waals surface area contributed by atoms with E-state index in [1.807, 2.05) is 18.2 Å². The lowest BCUT2D eigenvalue weighted by Gasteiger charge is -2.14. The van der Waals surface area contributed by atoms with Crippen molar-refractivity contribution in [2.45, 2.75) is 16.3 Å². The summed E-state index contributed by atoms with van der Waals surface area (Å²) in [6.07, 6.45) is 2.22. The lowest BCUT2D eigenvalue weighted by atomic mass is 10.2. The Labute approximate surface area is 133 Å². The van der Waals surface area contributed by atoms with E-state index in [-0.39, 0.29) is 12.3 Å². The van der Waals surface area contributed by atoms with Gasteiger partial charge in [0.15, 0.2) is 0 Å². The summed E-state index contributed by atoms with van der Waals surface area (Å²) in [4.78, 5) is 17.4. The fourth-order valence-corrected chi connectivity index (χ4v) is 4.46. The van der Waals surface area contributed by atoms with Gasteiger partial charge in [0.2, 0.25) is 10.0 Å². The summed E-state index contributed by atoms with van der Waals surface area (Å²) in [5.41, 5.74) is 0.385. The molecular formula is C15H14N2O3S2. The van der Waals surface area contributed by atoms with Gasteiger partial charge >= 0.3 is 0 Å². The minimum absolute atomic E-state index is 0.0480. The Balaban J connectivity index is 1.75. The van der Waals surface area contributed by atoms with Crippen molar-refractivity contribution in [2.75, 3.05) is 12.3 Å². The minimum atomic E-state index is -3.42. The summed E-state index contributed by atoms with van der Waals surface area (Å²) >= 11 is 1.49. The van der Waals surface area contributed by atoms with Crippen LogP contribution in [0.25, 0.3) is 0 Å². The number of carbonyl (C=O) groups excluding carboxylic acids is 1. The number of benzene rings is 1. The Hall–Kier alpha value is -1.86. The molecule has 0 radical (unpaired) electrons. The lowest BCUT2D eigenvalue weighted by Crippen LogP contribution is -2.32. The van der Waals surface area contributed by atoms with Gasteiger partial charge in [-0.25, -0.2) is 17.7 Å². The molecule has 1 saturated heterocycles. The van der Waals surface area contributed by atoms with Crippen LogP contribution >= 0.6 is 11.8 Å². The third-order valence-corrected chi connectivity index (χ3v) is 6.07. The zero-order valence-electron chi connectivity index (χ0n) is 11.7. The number of aromatic nitrogens is 1. The molecule has 1 fully saturated rings. The van der Waals surface area contributed by atoms with Crippen LogP contribution in [0.3, 0.4) is 0 Å². The molecule has 3 rings (SSSR count). The molecule has 1 amide bonds. The van der Waals surface area contributed by atoms with Crippen molar-refractivity contribution in [3.05, 3.63) is 54.2 Å². The van der Waals surface area contributed by atoms with Crippen LogP contribution in [0.4, 0.5) is 0 Å². The minimum Gasteiger partial charge on any atom is -0.268 e. The van der Waals surface area contributed by atoms with Crippen molar-refractivity contribution in [1.82, 2.24) is 9.29 Å². The summed E-state index contributed by atoms with van der Waals surface area (Å²) < 4.78 is 24.5. The first kappa shape index (κ1) is 15.1. The van der Waals surface area contributed by atoms with Gasteiger partial charge in [-0.2, -0.15) is 0 Å². The van der Waals surface area contributed by atoms with Crippen LogP contribution in [-0.2, 0) is 10.0 Å². The molecule has 0 bridgehead atoms. The van der Waals surface area contributed by atoms with Crippen molar-refractivity contribution >= 4 is 27.7 Å². The maximum absolute atomic E-state index is 12.3. The Morgan fingerprint density at radius 3 is 2.50 bits per heavy atom. The highest BCUT2D eigenvalue weighted by Crippen LogP contribution is 2.26. The van der Waals surface area contributed by atoms with Gasteiger partial charge in [-0.3, -0.25) is 4.79 Å². The molecule has 0 spiro atoms. The standard InChI is InChI=1S/C15H14N2O3S2/c18-15(17-10-3-11-22(17,19)20)12-5-7-13(8-6-12)21-14-4-1-2-9-16-14/h1-2,4-9H,3,10-11H2. The maximum Gasteiger partial charge on any atom is 0.267 e. The van der Waals surface area contributed by atoms with Crippen LogP contribution in [0.5, 0.6) is 0 Å². The van der Waals surface area contributed by atoms with Gasteiger partial charge in [-0.05, 0) is 42.8 Å². The Kier molecular flexibility index (Phi) is 4.17. The first-order chi connectivity index (χ1) is 10.6. The fourth-order valence-electron chi connectivity index (χ4n) is 2.21. The molecule has 22 heavy (non-hydrogen) atoms. The Morgan fingerprint density at radius 1 is 1.14 bits per heavy atom. The fraction of sp³-hybridized carbons (Fsp3) is 0.200. The van der Waals surface area contributed by atoms with Crippen LogP contribution in [0.15, 0.2) is 58.6 Å². The van der Waals surface area contributed by atoms with Gasteiger partial charge in [-0.1, -0.05) is 17.8 Å². The molecular weight excluding hydrogens is 320 g/mol. The van der Waals surface area contributed by atoms with E-state index in [9.17, 15) is 13.2 Å². The lowest BCUT2D eigenvalue weighted by molar-refractivity contribution is 0.0870. The third kappa shape index (κ3) is 3.15. The van der Waals surface area contributed by atoms with E-state index in [4.69, 9.17) is 0 Å². The number of hydrogen-bond donors (Lipinski definition) is 0. The second-order valence-electron chi connectivity index (χ2n) is 4.84. The number of hydrogen-bond acceptors (Lipinski definition) is 5. The monoisotopic (exact) mass is 334 g/mol. The summed E-state index contributed by atoms with van der Waals surface area (Å²) in [5, 5.41) is 0.865. The van der Waals surface area contributed by atoms with E-state index in [0.29, 0.717) is 12.0 Å². The van der Waals surface area contributed by atoms with Crippen molar-refractivity contribution in [3.63, 3.8) is 0 Å². The highest BCUT2D eigenvalue weighted by atomic mass is 32.2. The molecule has 1 aromatic heterocycles. The zero-order valence-corrected chi connectivity index (χ0v) is 13.3. The number of pyridine rings is 1. The molecule has 0 atom stereocenters. The number of rotatable bonds is 3. The molecule has 1 aliphatic heterocycles. The van der Waals surface area contributed by atoms with Crippen LogP contribution in [0.1, 0.15) is 16.8 Å². The molecule has 1 aliphatic rings. The van der Waals surface area contributed by atoms with Crippen molar-refractivity contribution in [2.24, 2.45) is 0 Å². The Morgan fingerprint density at radius 2 is 1.91 bits per heavy atom. The third-order valence-electron chi connectivity index (χ3n) is 3.29. The SMILES string of the molecule is O=C(c1ccc(Sc2ccccn2)cc1)N1CCCS1(=O)=O. The maximum atomic E-state index is 12.3. The van der Waals surface area contributed by atoms with Gasteiger partial charge in [0, 0.05) is 23.2 Å². The predicted octanol–water partition coefficient (Wildman–Crippen LogP) is 2.41. The molecule has 7 heteroatoms. The molecule has 0 N–H and O–H groups in total. The normalized spacial score (nSPS) is 16.6. The average Bonchev–Trinajstić information content (AvgIpc) is 2.88. The molecule has 0 unspecified atom stereocenters. The highest BCUT2D eigenvalue weighted by Gasteiger charge is 2.32. The van der Waals surface area contributed by atoms with Crippen LogP contribution in [0.2, 0.25) is 0 Å². The summed E-state index contributed by atoms with van der Waals surface area (Å²) in [6, 6.07) is 12.6. The molecule has 0 aliphatic carbocycles. The summed E-state index contributed by atoms with van der Waals surface area (Å²) in [7, 11) is -3.42. The molecule has 114 valence electrons. The second kappa shape index (κ2) is 6.10. The number of nitrogens with zero attached hydrogens (tertiary/aromatic N) is 2. The van der Waals surface area contributed by atoms with E-state index in [1.54, 1.807) is 30.5 Å². The smallest absolute Gasteiger partial charge is 0.267 e. The van der Waals surface area contributed by atoms with Gasteiger partial charge < -0.3 is 0 Å². The highest BCUT2D eigenvalue weighted by molar-refractivity contribution is 7.99. The summed E-state index contributed by atoms with van der Waals surface area (Å²) in [6.45, 7) is 0.269. The topological polar surface area (TPSA) is 67.3 Å². The summed E-state index contributed by atoms with van der Waals surface area (Å²) in [5.74, 6) is -0.404. The quantitative estimate of drug-likeness (QED) is 0.862. The zero-order chi connectivity index (χ0) is 15.6. The van der Waals surface area contributed by atoms with E-state index >= 15 is 0 Å². The molecule has 2 aromatic rings. The van der Waals surface area contributed by atoms with Crippen molar-refractivity contribution in [3.8, 4) is 0 Å². The Bertz CT molecular complexity index is 774.